The summed E-state index contributed by atoms with van der Waals surface area (Å²) in [7, 11) is 0. The fraction of sp³-hybridized carbons (Fsp3) is 0.370. The maximum Gasteiger partial charge on any atom is 0.273 e. The summed E-state index contributed by atoms with van der Waals surface area (Å²) in [4.78, 5) is 24.5. The highest BCUT2D eigenvalue weighted by Crippen LogP contribution is 2.50. The number of carbonyl (C=O) groups is 1. The van der Waals surface area contributed by atoms with E-state index in [1.165, 1.54) is 12.1 Å². The van der Waals surface area contributed by atoms with Gasteiger partial charge in [0.25, 0.3) is 5.69 Å². The van der Waals surface area contributed by atoms with Crippen LogP contribution in [0.3, 0.4) is 0 Å². The topological polar surface area (TPSA) is 81.5 Å². The van der Waals surface area contributed by atoms with Crippen LogP contribution in [-0.2, 0) is 4.79 Å². The van der Waals surface area contributed by atoms with Crippen molar-refractivity contribution < 1.29 is 14.5 Å². The molecule has 0 radical (unpaired) electrons. The van der Waals surface area contributed by atoms with Crippen LogP contribution in [0.4, 0.5) is 11.4 Å². The lowest BCUT2D eigenvalue weighted by atomic mass is 9.67. The average Bonchev–Trinajstić information content (AvgIpc) is 2.73. The zero-order valence-corrected chi connectivity index (χ0v) is 19.9. The Morgan fingerprint density at radius 3 is 2.03 bits per heavy atom. The molecule has 1 heterocycles. The fourth-order valence-corrected chi connectivity index (χ4v) is 4.45. The normalized spacial score (nSPS) is 19.7. The fourth-order valence-electron chi connectivity index (χ4n) is 4.45. The smallest absolute Gasteiger partial charge is 0.273 e. The maximum absolute atomic E-state index is 13.6. The number of anilines is 1. The van der Waals surface area contributed by atoms with Crippen LogP contribution in [0, 0.1) is 20.9 Å². The molecule has 6 heteroatoms. The van der Waals surface area contributed by atoms with Crippen LogP contribution >= 0.6 is 0 Å². The van der Waals surface area contributed by atoms with Gasteiger partial charge < -0.3 is 10.1 Å². The van der Waals surface area contributed by atoms with Gasteiger partial charge in [0.05, 0.1) is 16.7 Å². The van der Waals surface area contributed by atoms with E-state index in [0.717, 1.165) is 16.7 Å². The minimum absolute atomic E-state index is 0.0334. The van der Waals surface area contributed by atoms with E-state index >= 15 is 0 Å². The molecular formula is C27H30N2O4. The number of nitrogens with zero attached hydrogens (tertiary/aromatic N) is 1. The van der Waals surface area contributed by atoms with Crippen molar-refractivity contribution in [2.24, 2.45) is 10.8 Å². The molecule has 0 amide bonds. The van der Waals surface area contributed by atoms with E-state index < -0.39 is 16.6 Å². The molecule has 0 aromatic heterocycles. The lowest BCUT2D eigenvalue weighted by Gasteiger charge is -2.47. The van der Waals surface area contributed by atoms with Gasteiger partial charge in [-0.3, -0.25) is 14.9 Å². The Hall–Kier alpha value is -3.41. The maximum atomic E-state index is 13.6. The highest BCUT2D eigenvalue weighted by Gasteiger charge is 2.49. The molecule has 1 unspecified atom stereocenters. The third-order valence-electron chi connectivity index (χ3n) is 6.18. The molecule has 0 saturated carbocycles. The Bertz CT molecular complexity index is 1150. The van der Waals surface area contributed by atoms with Crippen molar-refractivity contribution in [1.29, 1.82) is 0 Å². The van der Waals surface area contributed by atoms with Crippen LogP contribution in [0.15, 0.2) is 71.8 Å². The average molecular weight is 447 g/mol. The molecule has 172 valence electrons. The highest BCUT2D eigenvalue weighted by molar-refractivity contribution is 6.11. The van der Waals surface area contributed by atoms with Gasteiger partial charge >= 0.3 is 0 Å². The quantitative estimate of drug-likeness (QED) is 0.426. The number of hydrogen-bond donors (Lipinski definition) is 1. The largest absolute Gasteiger partial charge is 0.480 e. The zero-order chi connectivity index (χ0) is 24.2. The molecule has 4 rings (SSSR count). The number of hydrogen-bond acceptors (Lipinski definition) is 5. The summed E-state index contributed by atoms with van der Waals surface area (Å²) in [6.45, 7) is 12.2. The van der Waals surface area contributed by atoms with Crippen LogP contribution < -0.4 is 10.1 Å². The van der Waals surface area contributed by atoms with Gasteiger partial charge in [0, 0.05) is 17.2 Å². The first-order chi connectivity index (χ1) is 15.3. The summed E-state index contributed by atoms with van der Waals surface area (Å²) in [5.41, 5.74) is 1.36. The number of allylic oxidation sites excluding steroid dienone is 2. The zero-order valence-electron chi connectivity index (χ0n) is 19.9. The van der Waals surface area contributed by atoms with Crippen LogP contribution in [0.25, 0.3) is 0 Å². The van der Waals surface area contributed by atoms with E-state index in [2.05, 4.69) is 5.32 Å². The van der Waals surface area contributed by atoms with Gasteiger partial charge in [-0.05, 0) is 34.6 Å². The van der Waals surface area contributed by atoms with Gasteiger partial charge in [-0.25, -0.2) is 0 Å². The van der Waals surface area contributed by atoms with Crippen molar-refractivity contribution in [3.8, 4) is 5.75 Å². The molecule has 1 aliphatic carbocycles. The number of non-ortho nitro benzene ring substituents is 1. The van der Waals surface area contributed by atoms with E-state index in [9.17, 15) is 14.9 Å². The lowest BCUT2D eigenvalue weighted by Crippen LogP contribution is -2.50. The van der Waals surface area contributed by atoms with Crippen molar-refractivity contribution in [2.45, 2.75) is 53.2 Å². The number of ketones is 1. The van der Waals surface area contributed by atoms with Gasteiger partial charge in [-0.1, -0.05) is 71.9 Å². The molecule has 1 atom stereocenters. The molecule has 1 aliphatic heterocycles. The van der Waals surface area contributed by atoms with Crippen LogP contribution in [-0.4, -0.2) is 16.2 Å². The summed E-state index contributed by atoms with van der Waals surface area (Å²) in [5, 5.41) is 14.9. The molecule has 33 heavy (non-hydrogen) atoms. The molecule has 1 N–H and O–H groups in total. The Morgan fingerprint density at radius 1 is 0.939 bits per heavy atom. The molecule has 2 aliphatic rings. The highest BCUT2D eigenvalue weighted by atomic mass is 16.6. The minimum Gasteiger partial charge on any atom is -0.480 e. The van der Waals surface area contributed by atoms with E-state index in [1.807, 2.05) is 84.0 Å². The molecule has 6 nitrogen and oxygen atoms in total. The Kier molecular flexibility index (Phi) is 5.23. The van der Waals surface area contributed by atoms with Crippen molar-refractivity contribution in [3.63, 3.8) is 0 Å². The first-order valence-electron chi connectivity index (χ1n) is 11.1. The summed E-state index contributed by atoms with van der Waals surface area (Å²) in [6.07, 6.45) is 3.45. The van der Waals surface area contributed by atoms with E-state index in [1.54, 1.807) is 6.07 Å². The third-order valence-corrected chi connectivity index (χ3v) is 6.18. The van der Waals surface area contributed by atoms with Crippen molar-refractivity contribution in [1.82, 2.24) is 0 Å². The van der Waals surface area contributed by atoms with Crippen LogP contribution in [0.1, 0.15) is 53.2 Å². The van der Waals surface area contributed by atoms with E-state index in [-0.39, 0.29) is 22.3 Å². The number of fused-ring (bicyclic) bond motifs is 1. The number of nitro benzene ring substituents is 1. The second-order valence-corrected chi connectivity index (χ2v) is 10.8. The summed E-state index contributed by atoms with van der Waals surface area (Å²) in [5.74, 6) is 0.459. The van der Waals surface area contributed by atoms with Gasteiger partial charge in [0.1, 0.15) is 11.3 Å². The van der Waals surface area contributed by atoms with Crippen molar-refractivity contribution in [3.05, 3.63) is 87.5 Å². The van der Waals surface area contributed by atoms with Gasteiger partial charge in [0.2, 0.25) is 0 Å². The third kappa shape index (κ3) is 4.06. The minimum atomic E-state index is -0.844. The number of carbonyl (C=O) groups excluding carboxylic acids is 1. The number of benzene rings is 2. The second-order valence-electron chi connectivity index (χ2n) is 10.8. The Morgan fingerprint density at radius 2 is 1.52 bits per heavy atom. The summed E-state index contributed by atoms with van der Waals surface area (Å²) in [6, 6.07) is 14.3. The Balaban J connectivity index is 1.99. The Labute approximate surface area is 194 Å². The number of nitro groups is 1. The van der Waals surface area contributed by atoms with E-state index in [4.69, 9.17) is 4.74 Å². The van der Waals surface area contributed by atoms with Crippen molar-refractivity contribution in [2.75, 3.05) is 5.32 Å². The molecule has 0 bridgehead atoms. The molecule has 0 saturated heterocycles. The van der Waals surface area contributed by atoms with Crippen LogP contribution in [0.5, 0.6) is 5.75 Å². The van der Waals surface area contributed by atoms with Gasteiger partial charge in [-0.15, -0.1) is 0 Å². The second kappa shape index (κ2) is 7.58. The first kappa shape index (κ1) is 22.8. The molecule has 2 aromatic rings. The number of ether oxygens (including phenoxy) is 1. The first-order valence-corrected chi connectivity index (χ1v) is 11.1. The number of rotatable bonds is 2. The molecule has 2 aromatic carbocycles. The lowest BCUT2D eigenvalue weighted by molar-refractivity contribution is -0.385. The predicted molar refractivity (Wildman–Crippen MR) is 129 cm³/mol. The monoisotopic (exact) mass is 446 g/mol. The summed E-state index contributed by atoms with van der Waals surface area (Å²) < 4.78 is 6.49. The SMILES string of the molecule is CC(C)(C)C1=CC2(C=C(C(C)(C)C)C1=O)Nc1ccc([N+](=O)[O-])cc1OC2c1ccccc1. The number of nitrogens with one attached hydrogen (secondary N) is 1. The van der Waals surface area contributed by atoms with Gasteiger partial charge in [0.15, 0.2) is 11.9 Å². The van der Waals surface area contributed by atoms with Crippen LogP contribution in [0.2, 0.25) is 0 Å². The van der Waals surface area contributed by atoms with Gasteiger partial charge in [-0.2, -0.15) is 0 Å². The van der Waals surface area contributed by atoms with Crippen molar-refractivity contribution >= 4 is 17.2 Å². The predicted octanol–water partition coefficient (Wildman–Crippen LogP) is 6.41. The standard InChI is InChI=1S/C27H30N2O4/c1-25(2,3)19-15-27(16-20(23(19)30)26(4,5)6)24(17-10-8-7-9-11-17)33-22-14-18(29(31)32)12-13-21(22)28-27/h7-16,24,28H,1-6H3. The molecule has 1 spiro atoms. The summed E-state index contributed by atoms with van der Waals surface area (Å²) >= 11 is 0. The molecule has 0 fully saturated rings. The molecular weight excluding hydrogens is 416 g/mol. The number of Topliss-reactive ketones (excluding diaryl/α,β-unsaturated/α-hetero) is 1. The van der Waals surface area contributed by atoms with E-state index in [0.29, 0.717) is 11.4 Å².